The van der Waals surface area contributed by atoms with E-state index in [0.717, 1.165) is 5.56 Å². The van der Waals surface area contributed by atoms with E-state index in [0.29, 0.717) is 5.56 Å². The summed E-state index contributed by atoms with van der Waals surface area (Å²) in [5, 5.41) is 5.73. The third kappa shape index (κ3) is 5.44. The molecule has 2 amide bonds. The molecule has 0 saturated carbocycles. The first kappa shape index (κ1) is 20.2. The maximum Gasteiger partial charge on any atom is 0.222 e. The van der Waals surface area contributed by atoms with E-state index in [4.69, 9.17) is 23.2 Å². The van der Waals surface area contributed by atoms with Crippen LogP contribution in [0.3, 0.4) is 0 Å². The van der Waals surface area contributed by atoms with E-state index in [2.05, 4.69) is 10.6 Å². The topological polar surface area (TPSA) is 58.2 Å². The first-order chi connectivity index (χ1) is 12.3. The van der Waals surface area contributed by atoms with Crippen molar-refractivity contribution in [2.24, 2.45) is 0 Å². The second kappa shape index (κ2) is 9.01. The van der Waals surface area contributed by atoms with Gasteiger partial charge in [-0.2, -0.15) is 0 Å². The van der Waals surface area contributed by atoms with Crippen LogP contribution in [0.4, 0.5) is 4.39 Å². The summed E-state index contributed by atoms with van der Waals surface area (Å²) in [7, 11) is 0. The average molecular weight is 397 g/mol. The van der Waals surface area contributed by atoms with Gasteiger partial charge in [-0.3, -0.25) is 9.59 Å². The summed E-state index contributed by atoms with van der Waals surface area (Å²) in [5.41, 5.74) is 1.25. The van der Waals surface area contributed by atoms with Crippen molar-refractivity contribution >= 4 is 35.0 Å². The highest BCUT2D eigenvalue weighted by Gasteiger charge is 2.20. The van der Waals surface area contributed by atoms with Gasteiger partial charge in [0.2, 0.25) is 11.8 Å². The zero-order valence-electron chi connectivity index (χ0n) is 14.4. The summed E-state index contributed by atoms with van der Waals surface area (Å²) in [4.78, 5) is 23.9. The number of rotatable bonds is 6. The smallest absolute Gasteiger partial charge is 0.222 e. The molecular weight excluding hydrogens is 378 g/mol. The van der Waals surface area contributed by atoms with E-state index < -0.39 is 17.9 Å². The molecule has 0 heterocycles. The van der Waals surface area contributed by atoms with E-state index >= 15 is 0 Å². The fourth-order valence-electron chi connectivity index (χ4n) is 2.62. The molecule has 0 unspecified atom stereocenters. The molecule has 26 heavy (non-hydrogen) atoms. The minimum absolute atomic E-state index is 0.0433. The standard InChI is InChI=1S/C19H19Cl2FN2O2/c1-11(14-8-17(22)16(21)9-15(14)20)23-19(26)10-18(24-12(2)25)13-6-4-3-5-7-13/h3-9,11,18H,10H2,1-2H3,(H,23,26)(H,24,25)/t11-,18+/m1/s1. The number of amides is 2. The van der Waals surface area contributed by atoms with Gasteiger partial charge in [-0.15, -0.1) is 0 Å². The normalized spacial score (nSPS) is 13.0. The summed E-state index contributed by atoms with van der Waals surface area (Å²) in [6.07, 6.45) is 0.0433. The van der Waals surface area contributed by atoms with Crippen molar-refractivity contribution in [1.29, 1.82) is 0 Å². The molecule has 0 aliphatic heterocycles. The number of carbonyl (C=O) groups is 2. The number of halogens is 3. The van der Waals surface area contributed by atoms with Crippen molar-refractivity contribution in [3.05, 3.63) is 69.5 Å². The molecule has 138 valence electrons. The van der Waals surface area contributed by atoms with Crippen LogP contribution in [-0.4, -0.2) is 11.8 Å². The Morgan fingerprint density at radius 3 is 2.35 bits per heavy atom. The summed E-state index contributed by atoms with van der Waals surface area (Å²) in [5.74, 6) is -1.14. The Labute approximate surface area is 161 Å². The fourth-order valence-corrected chi connectivity index (χ4v) is 3.16. The summed E-state index contributed by atoms with van der Waals surface area (Å²) in [6, 6.07) is 10.7. The van der Waals surface area contributed by atoms with Crippen molar-refractivity contribution in [1.82, 2.24) is 10.6 Å². The van der Waals surface area contributed by atoms with E-state index in [1.807, 2.05) is 30.3 Å². The van der Waals surface area contributed by atoms with Crippen molar-refractivity contribution < 1.29 is 14.0 Å². The minimum atomic E-state index is -0.604. The molecule has 2 atom stereocenters. The highest BCUT2D eigenvalue weighted by atomic mass is 35.5. The quantitative estimate of drug-likeness (QED) is 0.702. The van der Waals surface area contributed by atoms with Gasteiger partial charge < -0.3 is 10.6 Å². The van der Waals surface area contributed by atoms with Gasteiger partial charge in [-0.25, -0.2) is 4.39 Å². The summed E-state index contributed by atoms with van der Waals surface area (Å²) < 4.78 is 13.7. The first-order valence-corrected chi connectivity index (χ1v) is 8.79. The number of carbonyl (C=O) groups excluding carboxylic acids is 2. The number of nitrogens with one attached hydrogen (secondary N) is 2. The molecule has 2 aromatic carbocycles. The highest BCUT2D eigenvalue weighted by molar-refractivity contribution is 6.35. The zero-order valence-corrected chi connectivity index (χ0v) is 15.9. The molecule has 2 aromatic rings. The lowest BCUT2D eigenvalue weighted by Gasteiger charge is -2.21. The van der Waals surface area contributed by atoms with Gasteiger partial charge in [0, 0.05) is 11.9 Å². The number of hydrogen-bond acceptors (Lipinski definition) is 2. The Kier molecular flexibility index (Phi) is 7.00. The van der Waals surface area contributed by atoms with Gasteiger partial charge in [-0.1, -0.05) is 53.5 Å². The first-order valence-electron chi connectivity index (χ1n) is 8.03. The van der Waals surface area contributed by atoms with Gasteiger partial charge >= 0.3 is 0 Å². The zero-order chi connectivity index (χ0) is 19.3. The Balaban J connectivity index is 2.10. The van der Waals surface area contributed by atoms with Gasteiger partial charge in [0.15, 0.2) is 0 Å². The van der Waals surface area contributed by atoms with Gasteiger partial charge in [0.25, 0.3) is 0 Å². The van der Waals surface area contributed by atoms with Gasteiger partial charge in [0.1, 0.15) is 5.82 Å². The fraction of sp³-hybridized carbons (Fsp3) is 0.263. The molecule has 2 rings (SSSR count). The Morgan fingerprint density at radius 2 is 1.73 bits per heavy atom. The highest BCUT2D eigenvalue weighted by Crippen LogP contribution is 2.29. The molecule has 0 saturated heterocycles. The maximum absolute atomic E-state index is 13.7. The molecule has 0 spiro atoms. The molecule has 7 heteroatoms. The number of hydrogen-bond donors (Lipinski definition) is 2. The number of benzene rings is 2. The van der Waals surface area contributed by atoms with Crippen molar-refractivity contribution in [3.8, 4) is 0 Å². The van der Waals surface area contributed by atoms with E-state index in [1.54, 1.807) is 6.92 Å². The maximum atomic E-state index is 13.7. The van der Waals surface area contributed by atoms with Crippen molar-refractivity contribution in [3.63, 3.8) is 0 Å². The summed E-state index contributed by atoms with van der Waals surface area (Å²) in [6.45, 7) is 3.09. The lowest BCUT2D eigenvalue weighted by molar-refractivity contribution is -0.123. The van der Waals surface area contributed by atoms with Crippen LogP contribution in [-0.2, 0) is 9.59 Å². The van der Waals surface area contributed by atoms with Crippen LogP contribution in [0.2, 0.25) is 10.0 Å². The predicted octanol–water partition coefficient (Wildman–Crippen LogP) is 4.58. The lowest BCUT2D eigenvalue weighted by atomic mass is 10.0. The van der Waals surface area contributed by atoms with Crippen LogP contribution in [0.5, 0.6) is 0 Å². The molecule has 0 aliphatic carbocycles. The second-order valence-electron chi connectivity index (χ2n) is 5.94. The molecule has 0 bridgehead atoms. The second-order valence-corrected chi connectivity index (χ2v) is 6.76. The molecule has 2 N–H and O–H groups in total. The van der Waals surface area contributed by atoms with Gasteiger partial charge in [0.05, 0.1) is 23.5 Å². The lowest BCUT2D eigenvalue weighted by Crippen LogP contribution is -2.33. The third-order valence-electron chi connectivity index (χ3n) is 3.85. The molecular formula is C19H19Cl2FN2O2. The molecule has 0 fully saturated rings. The Morgan fingerprint density at radius 1 is 1.08 bits per heavy atom. The third-order valence-corrected chi connectivity index (χ3v) is 4.47. The monoisotopic (exact) mass is 396 g/mol. The Bertz CT molecular complexity index is 800. The van der Waals surface area contributed by atoms with Crippen LogP contribution in [0, 0.1) is 5.82 Å². The van der Waals surface area contributed by atoms with Crippen molar-refractivity contribution in [2.45, 2.75) is 32.4 Å². The van der Waals surface area contributed by atoms with E-state index in [1.165, 1.54) is 19.1 Å². The van der Waals surface area contributed by atoms with Crippen LogP contribution >= 0.6 is 23.2 Å². The van der Waals surface area contributed by atoms with Crippen LogP contribution < -0.4 is 10.6 Å². The van der Waals surface area contributed by atoms with Gasteiger partial charge in [-0.05, 0) is 30.2 Å². The molecule has 0 aromatic heterocycles. The minimum Gasteiger partial charge on any atom is -0.349 e. The SMILES string of the molecule is CC(=O)N[C@@H](CC(=O)N[C@H](C)c1cc(F)c(Cl)cc1Cl)c1ccccc1. The largest absolute Gasteiger partial charge is 0.349 e. The Hall–Kier alpha value is -2.11. The van der Waals surface area contributed by atoms with E-state index in [-0.39, 0.29) is 28.3 Å². The van der Waals surface area contributed by atoms with E-state index in [9.17, 15) is 14.0 Å². The van der Waals surface area contributed by atoms with Crippen LogP contribution in [0.25, 0.3) is 0 Å². The molecule has 4 nitrogen and oxygen atoms in total. The predicted molar refractivity (Wildman–Crippen MR) is 101 cm³/mol. The summed E-state index contributed by atoms with van der Waals surface area (Å²) >= 11 is 11.8. The van der Waals surface area contributed by atoms with Crippen molar-refractivity contribution in [2.75, 3.05) is 0 Å². The molecule has 0 aliphatic rings. The average Bonchev–Trinajstić information content (AvgIpc) is 2.57. The van der Waals surface area contributed by atoms with Crippen LogP contribution in [0.1, 0.15) is 43.5 Å². The molecule has 0 radical (unpaired) electrons. The van der Waals surface area contributed by atoms with Crippen LogP contribution in [0.15, 0.2) is 42.5 Å².